The Labute approximate surface area is 195 Å². The van der Waals surface area contributed by atoms with Crippen molar-refractivity contribution >= 4 is 38.6 Å². The third-order valence-electron chi connectivity index (χ3n) is 5.14. The van der Waals surface area contributed by atoms with Crippen LogP contribution in [0.1, 0.15) is 12.1 Å². The van der Waals surface area contributed by atoms with Crippen LogP contribution >= 0.6 is 11.8 Å². The number of amides is 1. The van der Waals surface area contributed by atoms with Gasteiger partial charge >= 0.3 is 5.69 Å². The van der Waals surface area contributed by atoms with E-state index in [0.29, 0.717) is 17.0 Å². The van der Waals surface area contributed by atoms with Crippen LogP contribution < -0.4 is 21.3 Å². The first-order chi connectivity index (χ1) is 15.7. The molecule has 0 bridgehead atoms. The second-order valence-corrected chi connectivity index (χ2v) is 10.1. The third-order valence-corrected chi connectivity index (χ3v) is 7.26. The van der Waals surface area contributed by atoms with Crippen molar-refractivity contribution in [1.29, 1.82) is 0 Å². The molecule has 0 radical (unpaired) electrons. The van der Waals surface area contributed by atoms with E-state index < -0.39 is 33.2 Å². The van der Waals surface area contributed by atoms with Crippen molar-refractivity contribution in [2.75, 3.05) is 12.0 Å². The van der Waals surface area contributed by atoms with Gasteiger partial charge in [-0.3, -0.25) is 23.7 Å². The molecule has 176 valence electrons. The van der Waals surface area contributed by atoms with Gasteiger partial charge in [-0.2, -0.15) is 16.5 Å². The second kappa shape index (κ2) is 10.3. The third kappa shape index (κ3) is 5.52. The van der Waals surface area contributed by atoms with Crippen LogP contribution in [0.4, 0.5) is 0 Å². The molecule has 0 saturated carbocycles. The zero-order chi connectivity index (χ0) is 24.2. The van der Waals surface area contributed by atoms with Crippen LogP contribution in [0, 0.1) is 0 Å². The number of aromatic nitrogens is 3. The van der Waals surface area contributed by atoms with Gasteiger partial charge in [0.15, 0.2) is 0 Å². The smallest absolute Gasteiger partial charge is 0.330 e. The highest BCUT2D eigenvalue weighted by Crippen LogP contribution is 2.16. The zero-order valence-corrected chi connectivity index (χ0v) is 20.1. The van der Waals surface area contributed by atoms with E-state index >= 15 is 0 Å². The van der Waals surface area contributed by atoms with Crippen molar-refractivity contribution in [3.63, 3.8) is 0 Å². The van der Waals surface area contributed by atoms with Gasteiger partial charge in [0.1, 0.15) is 6.04 Å². The minimum absolute atomic E-state index is 0.0859. The number of sulfonamides is 1. The Bertz CT molecular complexity index is 1380. The van der Waals surface area contributed by atoms with Crippen molar-refractivity contribution in [1.82, 2.24) is 24.2 Å². The maximum absolute atomic E-state index is 13.1. The van der Waals surface area contributed by atoms with Gasteiger partial charge in [0.05, 0.1) is 28.0 Å². The molecule has 1 aromatic carbocycles. The Hall–Kier alpha value is -2.96. The van der Waals surface area contributed by atoms with Gasteiger partial charge in [-0.25, -0.2) is 13.2 Å². The molecule has 3 rings (SSSR count). The van der Waals surface area contributed by atoms with Crippen LogP contribution in [-0.2, 0) is 35.5 Å². The second-order valence-electron chi connectivity index (χ2n) is 7.38. The monoisotopic (exact) mass is 491 g/mol. The molecule has 0 unspecified atom stereocenters. The Morgan fingerprint density at radius 1 is 1.15 bits per heavy atom. The molecule has 33 heavy (non-hydrogen) atoms. The maximum atomic E-state index is 13.1. The molecule has 0 spiro atoms. The number of hydrogen-bond acceptors (Lipinski definition) is 7. The summed E-state index contributed by atoms with van der Waals surface area (Å²) in [7, 11) is -1.30. The highest BCUT2D eigenvalue weighted by Gasteiger charge is 2.26. The summed E-state index contributed by atoms with van der Waals surface area (Å²) in [6.45, 7) is 0.164. The number of nitrogens with one attached hydrogen (secondary N) is 2. The summed E-state index contributed by atoms with van der Waals surface area (Å²) < 4.78 is 30.8. The number of aryl methyl sites for hydroxylation is 1. The number of carbonyl (C=O) groups excluding carboxylic acids is 1. The standard InChI is InChI=1S/C21H25N5O5S2/c1-25-18-8-7-15(12-16(18)20(28)26(2)21(25)29)33(30,31)24-17(9-11-32-3)19(27)23-13-14-6-4-5-10-22-14/h4-8,10,12,17,24H,9,11,13H2,1-3H3,(H,23,27)/t17-/m1/s1. The highest BCUT2D eigenvalue weighted by atomic mass is 32.2. The molecular formula is C21H25N5O5S2. The SMILES string of the molecule is CSCC[C@@H](NS(=O)(=O)c1ccc2c(c1)c(=O)n(C)c(=O)n2C)C(=O)NCc1ccccn1. The van der Waals surface area contributed by atoms with E-state index in [2.05, 4.69) is 15.0 Å². The van der Waals surface area contributed by atoms with E-state index in [1.54, 1.807) is 24.4 Å². The fraction of sp³-hybridized carbons (Fsp3) is 0.333. The summed E-state index contributed by atoms with van der Waals surface area (Å²) in [5.74, 6) is 0.0854. The number of rotatable bonds is 9. The van der Waals surface area contributed by atoms with E-state index in [-0.39, 0.29) is 23.2 Å². The Balaban J connectivity index is 1.88. The molecule has 1 atom stereocenters. The van der Waals surface area contributed by atoms with Crippen molar-refractivity contribution in [3.05, 3.63) is 69.1 Å². The molecule has 10 nitrogen and oxygen atoms in total. The first-order valence-corrected chi connectivity index (χ1v) is 12.9. The number of carbonyl (C=O) groups is 1. The molecule has 2 heterocycles. The summed E-state index contributed by atoms with van der Waals surface area (Å²) in [4.78, 5) is 41.4. The summed E-state index contributed by atoms with van der Waals surface area (Å²) >= 11 is 1.49. The quantitative estimate of drug-likeness (QED) is 0.441. The lowest BCUT2D eigenvalue weighted by atomic mass is 10.2. The first-order valence-electron chi connectivity index (χ1n) is 10.0. The summed E-state index contributed by atoms with van der Waals surface area (Å²) in [6, 6.07) is 8.23. The number of pyridine rings is 1. The number of hydrogen-bond donors (Lipinski definition) is 2. The molecule has 2 aromatic heterocycles. The molecule has 0 fully saturated rings. The lowest BCUT2D eigenvalue weighted by Gasteiger charge is -2.18. The van der Waals surface area contributed by atoms with Crippen molar-refractivity contribution < 1.29 is 13.2 Å². The van der Waals surface area contributed by atoms with Gasteiger partial charge in [-0.1, -0.05) is 6.07 Å². The van der Waals surface area contributed by atoms with Crippen molar-refractivity contribution in [3.8, 4) is 0 Å². The fourth-order valence-electron chi connectivity index (χ4n) is 3.28. The molecule has 0 aliphatic rings. The number of benzene rings is 1. The highest BCUT2D eigenvalue weighted by molar-refractivity contribution is 7.98. The van der Waals surface area contributed by atoms with Gasteiger partial charge in [0.2, 0.25) is 15.9 Å². The van der Waals surface area contributed by atoms with E-state index in [0.717, 1.165) is 4.57 Å². The molecule has 0 aliphatic heterocycles. The molecule has 1 amide bonds. The summed E-state index contributed by atoms with van der Waals surface area (Å²) in [6.07, 6.45) is 3.74. The van der Waals surface area contributed by atoms with Crippen LogP contribution in [0.3, 0.4) is 0 Å². The van der Waals surface area contributed by atoms with Crippen LogP contribution in [0.15, 0.2) is 57.1 Å². The Morgan fingerprint density at radius 3 is 2.58 bits per heavy atom. The topological polar surface area (TPSA) is 132 Å². The van der Waals surface area contributed by atoms with Crippen LogP contribution in [0.25, 0.3) is 10.9 Å². The van der Waals surface area contributed by atoms with E-state index in [9.17, 15) is 22.8 Å². The van der Waals surface area contributed by atoms with Gasteiger partial charge in [0, 0.05) is 20.3 Å². The largest absolute Gasteiger partial charge is 0.349 e. The molecule has 0 saturated heterocycles. The Kier molecular flexibility index (Phi) is 7.72. The number of nitrogens with zero attached hydrogens (tertiary/aromatic N) is 3. The van der Waals surface area contributed by atoms with Gasteiger partial charge in [-0.15, -0.1) is 0 Å². The first kappa shape index (κ1) is 24.7. The molecule has 12 heteroatoms. The van der Waals surface area contributed by atoms with Gasteiger partial charge in [-0.05, 0) is 48.8 Å². The average Bonchev–Trinajstić information content (AvgIpc) is 2.82. The molecule has 3 aromatic rings. The van der Waals surface area contributed by atoms with E-state index in [4.69, 9.17) is 0 Å². The van der Waals surface area contributed by atoms with Crippen LogP contribution in [0.2, 0.25) is 0 Å². The number of thioether (sulfide) groups is 1. The van der Waals surface area contributed by atoms with Gasteiger partial charge in [0.25, 0.3) is 5.56 Å². The molecule has 0 aliphatic carbocycles. The van der Waals surface area contributed by atoms with Gasteiger partial charge < -0.3 is 5.32 Å². The van der Waals surface area contributed by atoms with E-state index in [1.165, 1.54) is 48.6 Å². The fourth-order valence-corrected chi connectivity index (χ4v) is 5.01. The predicted octanol–water partition coefficient (Wildman–Crippen LogP) is 0.349. The normalized spacial score (nSPS) is 12.6. The molecular weight excluding hydrogens is 466 g/mol. The van der Waals surface area contributed by atoms with Crippen LogP contribution in [0.5, 0.6) is 0 Å². The average molecular weight is 492 g/mol. The summed E-state index contributed by atoms with van der Waals surface area (Å²) in [5.41, 5.74) is -0.150. The predicted molar refractivity (Wildman–Crippen MR) is 128 cm³/mol. The van der Waals surface area contributed by atoms with E-state index in [1.807, 2.05) is 6.26 Å². The van der Waals surface area contributed by atoms with Crippen molar-refractivity contribution in [2.24, 2.45) is 14.1 Å². The molecule has 2 N–H and O–H groups in total. The zero-order valence-electron chi connectivity index (χ0n) is 18.4. The minimum atomic E-state index is -4.13. The lowest BCUT2D eigenvalue weighted by molar-refractivity contribution is -0.122. The summed E-state index contributed by atoms with van der Waals surface area (Å²) in [5, 5.41) is 2.80. The maximum Gasteiger partial charge on any atom is 0.330 e. The minimum Gasteiger partial charge on any atom is -0.349 e. The lowest BCUT2D eigenvalue weighted by Crippen LogP contribution is -2.46. The number of fused-ring (bicyclic) bond motifs is 1. The Morgan fingerprint density at radius 2 is 1.91 bits per heavy atom. The van der Waals surface area contributed by atoms with Crippen LogP contribution in [-0.4, -0.2) is 46.5 Å². The van der Waals surface area contributed by atoms with Crippen molar-refractivity contribution in [2.45, 2.75) is 23.9 Å².